The Morgan fingerprint density at radius 2 is 1.93 bits per heavy atom. The van der Waals surface area contributed by atoms with Crippen LogP contribution in [0.3, 0.4) is 0 Å². The van der Waals surface area contributed by atoms with E-state index >= 15 is 0 Å². The molecule has 1 fully saturated rings. The van der Waals surface area contributed by atoms with Crippen LogP contribution < -0.4 is 15.8 Å². The molecular weight excluding hydrogens is 514 g/mol. The van der Waals surface area contributed by atoms with Gasteiger partial charge in [-0.15, -0.1) is 0 Å². The summed E-state index contributed by atoms with van der Waals surface area (Å²) in [7, 11) is 4.78. The molecule has 1 aliphatic carbocycles. The van der Waals surface area contributed by atoms with Crippen molar-refractivity contribution < 1.29 is 29.0 Å². The maximum absolute atomic E-state index is 13.8. The number of hydrogen-bond acceptors (Lipinski definition) is 10. The van der Waals surface area contributed by atoms with Gasteiger partial charge in [0.2, 0.25) is 11.7 Å². The molecule has 2 unspecified atom stereocenters. The number of aromatic hydroxyl groups is 1. The highest BCUT2D eigenvalue weighted by molar-refractivity contribution is 6.25. The van der Waals surface area contributed by atoms with Crippen molar-refractivity contribution in [1.82, 2.24) is 15.1 Å². The molecule has 3 heterocycles. The number of nitriles is 1. The van der Waals surface area contributed by atoms with Gasteiger partial charge in [-0.3, -0.25) is 24.2 Å². The van der Waals surface area contributed by atoms with Crippen molar-refractivity contribution in [1.29, 1.82) is 5.26 Å². The van der Waals surface area contributed by atoms with Gasteiger partial charge in [-0.1, -0.05) is 6.07 Å². The van der Waals surface area contributed by atoms with Gasteiger partial charge in [0.15, 0.2) is 23.0 Å². The van der Waals surface area contributed by atoms with E-state index in [0.717, 1.165) is 11.1 Å². The number of allylic oxidation sites excluding steroid dienone is 2. The monoisotopic (exact) mass is 549 g/mol. The van der Waals surface area contributed by atoms with E-state index in [1.807, 2.05) is 24.9 Å². The summed E-state index contributed by atoms with van der Waals surface area (Å²) in [6.07, 6.45) is 0.670. The Bertz CT molecular complexity index is 1420. The summed E-state index contributed by atoms with van der Waals surface area (Å²) in [6, 6.07) is 1.07. The Morgan fingerprint density at radius 1 is 1.23 bits per heavy atom. The number of phenols is 1. The van der Waals surface area contributed by atoms with Gasteiger partial charge in [-0.2, -0.15) is 5.26 Å². The number of fused-ring (bicyclic) bond motifs is 6. The van der Waals surface area contributed by atoms with Gasteiger partial charge in [0.1, 0.15) is 6.04 Å². The van der Waals surface area contributed by atoms with Crippen LogP contribution in [0.1, 0.15) is 43.0 Å². The van der Waals surface area contributed by atoms with Crippen LogP contribution in [0.5, 0.6) is 11.5 Å². The predicted octanol–water partition coefficient (Wildman–Crippen LogP) is 0.788. The van der Waals surface area contributed by atoms with Crippen molar-refractivity contribution in [2.75, 3.05) is 27.8 Å². The summed E-state index contributed by atoms with van der Waals surface area (Å²) >= 11 is 0. The molecule has 0 spiro atoms. The van der Waals surface area contributed by atoms with Crippen LogP contribution in [0.15, 0.2) is 28.5 Å². The number of carbonyl (C=O) groups is 3. The first-order chi connectivity index (χ1) is 19.0. The summed E-state index contributed by atoms with van der Waals surface area (Å²) in [5.74, 6) is -0.749. The number of ether oxygens (including phenoxy) is 2. The number of Topliss-reactive ketones (excluding diaryl/α,β-unsaturated/α-hetero) is 2. The number of piperazine rings is 1. The van der Waals surface area contributed by atoms with Crippen LogP contribution in [0.4, 0.5) is 0 Å². The lowest BCUT2D eigenvalue weighted by Crippen LogP contribution is -2.71. The number of amides is 1. The van der Waals surface area contributed by atoms with Gasteiger partial charge in [-0.05, 0) is 51.8 Å². The van der Waals surface area contributed by atoms with Gasteiger partial charge in [0.25, 0.3) is 0 Å². The second-order valence-corrected chi connectivity index (χ2v) is 11.1. The molecule has 2 bridgehead atoms. The van der Waals surface area contributed by atoms with E-state index in [9.17, 15) is 24.8 Å². The number of hydrogen-bond donors (Lipinski definition) is 3. The molecule has 212 valence electrons. The van der Waals surface area contributed by atoms with Crippen molar-refractivity contribution in [3.63, 3.8) is 0 Å². The third kappa shape index (κ3) is 3.85. The van der Waals surface area contributed by atoms with E-state index in [2.05, 4.69) is 16.3 Å². The first-order valence-corrected chi connectivity index (χ1v) is 13.4. The van der Waals surface area contributed by atoms with Crippen molar-refractivity contribution in [3.8, 4) is 17.6 Å². The zero-order valence-electron chi connectivity index (χ0n) is 23.6. The number of nitrogens with two attached hydrogens (primary N) is 1. The molecule has 1 aromatic carbocycles. The standard InChI is InChI=1S/C29H35N5O6/c1-12-7-15-8-17-19(10-30)34-18(23(33(17)4)21(15)25(36)27(12)39-5)9-16-22(20(34)11-32-29(38)14(3)31)26(37)28(40-6)13(2)24(16)35/h7,14,17-20,23,36H,8-9,11,31H2,1-6H3,(H,32,38)/t14-,17-,18?,19?,20-,23+/m0/s1. The topological polar surface area (TPSA) is 158 Å². The summed E-state index contributed by atoms with van der Waals surface area (Å²) in [5, 5.41) is 24.8. The Kier molecular flexibility index (Phi) is 6.98. The van der Waals surface area contributed by atoms with Gasteiger partial charge < -0.3 is 25.6 Å². The van der Waals surface area contributed by atoms with Gasteiger partial charge in [0, 0.05) is 40.9 Å². The van der Waals surface area contributed by atoms with Crippen molar-refractivity contribution in [3.05, 3.63) is 45.2 Å². The van der Waals surface area contributed by atoms with E-state index in [0.29, 0.717) is 23.3 Å². The lowest BCUT2D eigenvalue weighted by atomic mass is 9.69. The Morgan fingerprint density at radius 3 is 2.52 bits per heavy atom. The minimum absolute atomic E-state index is 0.0256. The molecule has 40 heavy (non-hydrogen) atoms. The lowest BCUT2D eigenvalue weighted by Gasteiger charge is -2.60. The zero-order chi connectivity index (χ0) is 29.2. The molecule has 0 aromatic heterocycles. The lowest BCUT2D eigenvalue weighted by molar-refractivity contribution is -0.125. The third-order valence-electron chi connectivity index (χ3n) is 8.95. The van der Waals surface area contributed by atoms with Crippen LogP contribution in [0, 0.1) is 18.3 Å². The molecule has 5 rings (SSSR count). The molecule has 4 aliphatic rings. The van der Waals surface area contributed by atoms with Crippen molar-refractivity contribution in [2.24, 2.45) is 5.73 Å². The number of rotatable bonds is 5. The van der Waals surface area contributed by atoms with Crippen LogP contribution in [0.2, 0.25) is 0 Å². The first-order valence-electron chi connectivity index (χ1n) is 13.4. The average Bonchev–Trinajstić information content (AvgIpc) is 2.91. The number of carbonyl (C=O) groups excluding carboxylic acids is 3. The second-order valence-electron chi connectivity index (χ2n) is 11.1. The molecule has 1 amide bonds. The van der Waals surface area contributed by atoms with Crippen LogP contribution in [0.25, 0.3) is 0 Å². The summed E-state index contributed by atoms with van der Waals surface area (Å²) < 4.78 is 10.9. The maximum atomic E-state index is 13.8. The van der Waals surface area contributed by atoms with Crippen LogP contribution >= 0.6 is 0 Å². The third-order valence-corrected chi connectivity index (χ3v) is 8.95. The molecule has 11 nitrogen and oxygen atoms in total. The zero-order valence-corrected chi connectivity index (χ0v) is 23.6. The minimum Gasteiger partial charge on any atom is -0.504 e. The maximum Gasteiger partial charge on any atom is 0.236 e. The van der Waals surface area contributed by atoms with Crippen LogP contribution in [-0.2, 0) is 25.5 Å². The Hall–Kier alpha value is -3.72. The molecular formula is C29H35N5O6. The van der Waals surface area contributed by atoms with Crippen LogP contribution in [-0.4, -0.2) is 90.4 Å². The summed E-state index contributed by atoms with van der Waals surface area (Å²) in [4.78, 5) is 44.1. The fraction of sp³-hybridized carbons (Fsp3) is 0.517. The molecule has 0 saturated carbocycles. The number of benzene rings is 1. The number of aryl methyl sites for hydroxylation is 1. The fourth-order valence-electron chi connectivity index (χ4n) is 7.17. The normalized spacial score (nSPS) is 28.8. The average molecular weight is 550 g/mol. The van der Waals surface area contributed by atoms with E-state index in [1.165, 1.54) is 14.2 Å². The SMILES string of the molecule is COC1=C(C)C(=O)C2=C(C1=O)[C@H](CNC(=O)[C@H](C)N)N1C(C#N)[C@@H]3Cc4cc(C)c(OC)c(O)c4[C@@H](C1C2)N3C. The smallest absolute Gasteiger partial charge is 0.236 e. The Labute approximate surface area is 233 Å². The Balaban J connectivity index is 1.72. The van der Waals surface area contributed by atoms with E-state index in [1.54, 1.807) is 13.8 Å². The number of methoxy groups -OCH3 is 2. The van der Waals surface area contributed by atoms with Gasteiger partial charge in [-0.25, -0.2) is 0 Å². The molecule has 1 aromatic rings. The molecule has 1 saturated heterocycles. The summed E-state index contributed by atoms with van der Waals surface area (Å²) in [6.45, 7) is 4.97. The highest BCUT2D eigenvalue weighted by Gasteiger charge is 2.57. The van der Waals surface area contributed by atoms with E-state index < -0.39 is 41.9 Å². The van der Waals surface area contributed by atoms with Crippen molar-refractivity contribution >= 4 is 17.5 Å². The minimum atomic E-state index is -0.787. The number of ketones is 2. The highest BCUT2D eigenvalue weighted by atomic mass is 16.5. The number of nitrogens with zero attached hydrogens (tertiary/aromatic N) is 3. The molecule has 0 radical (unpaired) electrons. The second kappa shape index (κ2) is 10.0. The number of nitrogens with one attached hydrogen (secondary N) is 1. The quantitative estimate of drug-likeness (QED) is 0.448. The van der Waals surface area contributed by atoms with Crippen molar-refractivity contribution in [2.45, 2.75) is 69.9 Å². The number of likely N-dealkylation sites (N-methyl/N-ethyl adjacent to an activating group) is 1. The molecule has 6 atom stereocenters. The highest BCUT2D eigenvalue weighted by Crippen LogP contribution is 2.53. The fourth-order valence-corrected chi connectivity index (χ4v) is 7.17. The number of phenolic OH excluding ortho intramolecular Hbond substituents is 1. The van der Waals surface area contributed by atoms with Gasteiger partial charge >= 0.3 is 0 Å². The first kappa shape index (κ1) is 27.8. The molecule has 3 aliphatic heterocycles. The summed E-state index contributed by atoms with van der Waals surface area (Å²) in [5.41, 5.74) is 9.01. The van der Waals surface area contributed by atoms with E-state index in [4.69, 9.17) is 15.2 Å². The largest absolute Gasteiger partial charge is 0.504 e. The molecule has 4 N–H and O–H groups in total. The van der Waals surface area contributed by atoms with E-state index in [-0.39, 0.29) is 47.4 Å². The predicted molar refractivity (Wildman–Crippen MR) is 144 cm³/mol. The molecule has 11 heteroatoms. The van der Waals surface area contributed by atoms with Gasteiger partial charge in [0.05, 0.1) is 38.4 Å².